The number of aliphatic hydroxyl groups is 1. The van der Waals surface area contributed by atoms with E-state index in [0.29, 0.717) is 29.4 Å². The molecule has 9 nitrogen and oxygen atoms in total. The van der Waals surface area contributed by atoms with E-state index < -0.39 is 18.2 Å². The van der Waals surface area contributed by atoms with Crippen LogP contribution in [-0.4, -0.2) is 48.6 Å². The fourth-order valence-corrected chi connectivity index (χ4v) is 4.16. The molecule has 5 rings (SSSR count). The Morgan fingerprint density at radius 3 is 2.47 bits per heavy atom. The molecule has 3 aromatic carbocycles. The third-order valence-corrected chi connectivity index (χ3v) is 6.17. The van der Waals surface area contributed by atoms with Gasteiger partial charge in [-0.15, -0.1) is 0 Å². The minimum absolute atomic E-state index is 0.0883. The Kier molecular flexibility index (Phi) is 7.86. The fraction of sp³-hybridized carbons (Fsp3) is 0.241. The molecule has 2 amide bonds. The number of rotatable bonds is 9. The predicted octanol–water partition coefficient (Wildman–Crippen LogP) is 3.33. The van der Waals surface area contributed by atoms with Crippen LogP contribution in [0.15, 0.2) is 84.9 Å². The summed E-state index contributed by atoms with van der Waals surface area (Å²) in [6.07, 6.45) is 2.36. The molecule has 0 aliphatic carbocycles. The van der Waals surface area contributed by atoms with Crippen molar-refractivity contribution < 1.29 is 33.6 Å². The Bertz CT molecular complexity index is 1290. The lowest BCUT2D eigenvalue weighted by atomic mass is 10.0. The number of hydrogen-bond acceptors (Lipinski definition) is 7. The number of ether oxygens (including phenoxy) is 4. The van der Waals surface area contributed by atoms with Crippen molar-refractivity contribution in [2.45, 2.75) is 31.2 Å². The first-order chi connectivity index (χ1) is 18.6. The smallest absolute Gasteiger partial charge is 0.251 e. The molecule has 0 aromatic heterocycles. The van der Waals surface area contributed by atoms with Crippen molar-refractivity contribution >= 4 is 11.8 Å². The number of aliphatic hydroxyl groups excluding tert-OH is 1. The molecule has 0 spiro atoms. The lowest BCUT2D eigenvalue weighted by Gasteiger charge is -2.31. The number of benzene rings is 3. The largest absolute Gasteiger partial charge is 0.457 e. The van der Waals surface area contributed by atoms with Gasteiger partial charge in [0.25, 0.3) is 5.91 Å². The minimum atomic E-state index is -0.687. The zero-order valence-electron chi connectivity index (χ0n) is 20.5. The zero-order chi connectivity index (χ0) is 26.3. The molecule has 2 aliphatic rings. The van der Waals surface area contributed by atoms with Gasteiger partial charge in [0, 0.05) is 12.1 Å². The fourth-order valence-electron chi connectivity index (χ4n) is 4.16. The maximum atomic E-state index is 12.7. The van der Waals surface area contributed by atoms with Crippen molar-refractivity contribution in [1.29, 1.82) is 0 Å². The van der Waals surface area contributed by atoms with E-state index in [2.05, 4.69) is 10.6 Å². The molecule has 0 fully saturated rings. The lowest BCUT2D eigenvalue weighted by Crippen LogP contribution is -2.49. The van der Waals surface area contributed by atoms with Gasteiger partial charge >= 0.3 is 0 Å². The summed E-state index contributed by atoms with van der Waals surface area (Å²) in [5, 5.41) is 15.6. The molecule has 196 valence electrons. The summed E-state index contributed by atoms with van der Waals surface area (Å²) < 4.78 is 22.3. The first kappa shape index (κ1) is 25.3. The van der Waals surface area contributed by atoms with Crippen LogP contribution >= 0.6 is 0 Å². The summed E-state index contributed by atoms with van der Waals surface area (Å²) in [6, 6.07) is 21.4. The summed E-state index contributed by atoms with van der Waals surface area (Å²) in [6.45, 7) is 0.168. The van der Waals surface area contributed by atoms with E-state index >= 15 is 0 Å². The van der Waals surface area contributed by atoms with Gasteiger partial charge < -0.3 is 34.7 Å². The molecule has 3 N–H and O–H groups in total. The lowest BCUT2D eigenvalue weighted by molar-refractivity contribution is -0.125. The van der Waals surface area contributed by atoms with E-state index in [4.69, 9.17) is 18.9 Å². The number of hydrogen-bond donors (Lipinski definition) is 3. The van der Waals surface area contributed by atoms with Crippen LogP contribution in [0.25, 0.3) is 0 Å². The second-order valence-electron chi connectivity index (χ2n) is 8.89. The normalized spacial score (nSPS) is 19.6. The maximum absolute atomic E-state index is 12.7. The monoisotopic (exact) mass is 516 g/mol. The van der Waals surface area contributed by atoms with Gasteiger partial charge in [-0.2, -0.15) is 0 Å². The van der Waals surface area contributed by atoms with Crippen molar-refractivity contribution in [3.63, 3.8) is 0 Å². The molecule has 3 aromatic rings. The Labute approximate surface area is 220 Å². The SMILES string of the molecule is O=C(C[C@@H]1C=C[C@H](NC(=O)c2ccc3c(c2)OCO3)[C@H](CO)O1)NCc1ccc(Oc2ccccc2)cc1. The summed E-state index contributed by atoms with van der Waals surface area (Å²) in [5.41, 5.74) is 1.33. The van der Waals surface area contributed by atoms with Crippen LogP contribution in [0.1, 0.15) is 22.3 Å². The number of para-hydroxylation sites is 1. The van der Waals surface area contributed by atoms with Crippen molar-refractivity contribution in [2.24, 2.45) is 0 Å². The number of carbonyl (C=O) groups excluding carboxylic acids is 2. The first-order valence-corrected chi connectivity index (χ1v) is 12.3. The molecule has 2 heterocycles. The van der Waals surface area contributed by atoms with Gasteiger partial charge in [-0.25, -0.2) is 0 Å². The van der Waals surface area contributed by atoms with Gasteiger partial charge in [0.2, 0.25) is 12.7 Å². The molecule has 0 radical (unpaired) electrons. The molecular formula is C29H28N2O7. The highest BCUT2D eigenvalue weighted by Gasteiger charge is 2.29. The number of fused-ring (bicyclic) bond motifs is 1. The molecule has 0 saturated carbocycles. The quantitative estimate of drug-likeness (QED) is 0.374. The van der Waals surface area contributed by atoms with Gasteiger partial charge in [0.05, 0.1) is 25.2 Å². The van der Waals surface area contributed by atoms with Gasteiger partial charge in [0.15, 0.2) is 11.5 Å². The van der Waals surface area contributed by atoms with Crippen molar-refractivity contribution in [1.82, 2.24) is 10.6 Å². The van der Waals surface area contributed by atoms with Crippen LogP contribution in [0.5, 0.6) is 23.0 Å². The van der Waals surface area contributed by atoms with Crippen LogP contribution < -0.4 is 24.8 Å². The standard InChI is InChI=1S/C29H28N2O7/c32-17-27-24(31-29(34)20-8-13-25-26(14-20)36-18-35-25)12-11-23(38-27)15-28(33)30-16-19-6-9-22(10-7-19)37-21-4-2-1-3-5-21/h1-14,23-24,27,32H,15-18H2,(H,30,33)(H,31,34)/t23-,24-,27-/m0/s1. The van der Waals surface area contributed by atoms with Crippen molar-refractivity contribution in [3.05, 3.63) is 96.1 Å². The molecule has 2 aliphatic heterocycles. The van der Waals surface area contributed by atoms with Gasteiger partial charge in [-0.3, -0.25) is 9.59 Å². The molecular weight excluding hydrogens is 488 g/mol. The van der Waals surface area contributed by atoms with Crippen molar-refractivity contribution in [2.75, 3.05) is 13.4 Å². The maximum Gasteiger partial charge on any atom is 0.251 e. The third kappa shape index (κ3) is 6.31. The summed E-state index contributed by atoms with van der Waals surface area (Å²) in [4.78, 5) is 25.2. The van der Waals surface area contributed by atoms with Gasteiger partial charge in [-0.1, -0.05) is 42.5 Å². The van der Waals surface area contributed by atoms with Crippen LogP contribution in [0, 0.1) is 0 Å². The average Bonchev–Trinajstić information content (AvgIpc) is 3.42. The van der Waals surface area contributed by atoms with E-state index in [1.54, 1.807) is 30.4 Å². The molecule has 0 bridgehead atoms. The average molecular weight is 517 g/mol. The van der Waals surface area contributed by atoms with E-state index in [0.717, 1.165) is 11.3 Å². The highest BCUT2D eigenvalue weighted by atomic mass is 16.7. The van der Waals surface area contributed by atoms with Crippen LogP contribution in [0.3, 0.4) is 0 Å². The summed E-state index contributed by atoms with van der Waals surface area (Å²) in [5.74, 6) is 2.03. The second kappa shape index (κ2) is 11.8. The second-order valence-corrected chi connectivity index (χ2v) is 8.89. The van der Waals surface area contributed by atoms with E-state index in [1.165, 1.54) is 0 Å². The third-order valence-electron chi connectivity index (χ3n) is 6.17. The Morgan fingerprint density at radius 2 is 1.68 bits per heavy atom. The topological polar surface area (TPSA) is 115 Å². The molecule has 0 unspecified atom stereocenters. The molecule has 0 saturated heterocycles. The highest BCUT2D eigenvalue weighted by molar-refractivity contribution is 5.95. The molecule has 38 heavy (non-hydrogen) atoms. The number of carbonyl (C=O) groups is 2. The van der Waals surface area contributed by atoms with Crippen LogP contribution in [0.2, 0.25) is 0 Å². The van der Waals surface area contributed by atoms with Gasteiger partial charge in [0.1, 0.15) is 17.6 Å². The van der Waals surface area contributed by atoms with Crippen LogP contribution in [0.4, 0.5) is 0 Å². The summed E-state index contributed by atoms with van der Waals surface area (Å²) in [7, 11) is 0. The van der Waals surface area contributed by atoms with Crippen LogP contribution in [-0.2, 0) is 16.1 Å². The Hall–Kier alpha value is -4.34. The van der Waals surface area contributed by atoms with Gasteiger partial charge in [-0.05, 0) is 48.0 Å². The highest BCUT2D eigenvalue weighted by Crippen LogP contribution is 2.32. The predicted molar refractivity (Wildman–Crippen MR) is 138 cm³/mol. The first-order valence-electron chi connectivity index (χ1n) is 12.3. The molecule has 9 heteroatoms. The van der Waals surface area contributed by atoms with E-state index in [-0.39, 0.29) is 31.6 Å². The molecule has 3 atom stereocenters. The summed E-state index contributed by atoms with van der Waals surface area (Å²) >= 11 is 0. The zero-order valence-corrected chi connectivity index (χ0v) is 20.5. The minimum Gasteiger partial charge on any atom is -0.457 e. The van der Waals surface area contributed by atoms with Crippen molar-refractivity contribution in [3.8, 4) is 23.0 Å². The number of amides is 2. The van der Waals surface area contributed by atoms with E-state index in [1.807, 2.05) is 54.6 Å². The number of nitrogens with one attached hydrogen (secondary N) is 2. The Morgan fingerprint density at radius 1 is 0.921 bits per heavy atom. The van der Waals surface area contributed by atoms with E-state index in [9.17, 15) is 14.7 Å². The Balaban J connectivity index is 1.09.